The van der Waals surface area contributed by atoms with Crippen LogP contribution in [0.25, 0.3) is 0 Å². The van der Waals surface area contributed by atoms with E-state index in [1.165, 1.54) is 6.42 Å². The van der Waals surface area contributed by atoms with Gasteiger partial charge in [0.1, 0.15) is 5.82 Å². The first-order chi connectivity index (χ1) is 9.02. The van der Waals surface area contributed by atoms with E-state index in [1.807, 2.05) is 31.0 Å². The molecule has 1 aliphatic rings. The molecule has 0 saturated carbocycles. The van der Waals surface area contributed by atoms with Crippen LogP contribution in [0.5, 0.6) is 0 Å². The van der Waals surface area contributed by atoms with E-state index in [-0.39, 0.29) is 5.91 Å². The van der Waals surface area contributed by atoms with Gasteiger partial charge in [-0.15, -0.1) is 0 Å². The van der Waals surface area contributed by atoms with Crippen LogP contribution in [0.15, 0.2) is 12.1 Å². The number of carbonyl (C=O) groups is 1. The highest BCUT2D eigenvalue weighted by Crippen LogP contribution is 2.25. The van der Waals surface area contributed by atoms with E-state index < -0.39 is 0 Å². The van der Waals surface area contributed by atoms with Crippen LogP contribution >= 0.6 is 0 Å². The quantitative estimate of drug-likeness (QED) is 0.890. The van der Waals surface area contributed by atoms with Crippen LogP contribution in [-0.2, 0) is 0 Å². The molecule has 0 radical (unpaired) electrons. The van der Waals surface area contributed by atoms with E-state index in [4.69, 9.17) is 0 Å². The van der Waals surface area contributed by atoms with E-state index in [1.54, 1.807) is 0 Å². The summed E-state index contributed by atoms with van der Waals surface area (Å²) in [5, 5.41) is 3.00. The zero-order valence-corrected chi connectivity index (χ0v) is 12.2. The fraction of sp³-hybridized carbons (Fsp3) is 0.600. The van der Waals surface area contributed by atoms with Crippen molar-refractivity contribution in [1.29, 1.82) is 0 Å². The summed E-state index contributed by atoms with van der Waals surface area (Å²) < 4.78 is 0. The molecule has 1 N–H and O–H groups in total. The van der Waals surface area contributed by atoms with Crippen LogP contribution < -0.4 is 5.32 Å². The lowest BCUT2D eigenvalue weighted by atomic mass is 9.91. The first-order valence-electron chi connectivity index (χ1n) is 7.00. The third-order valence-electron chi connectivity index (χ3n) is 4.09. The highest BCUT2D eigenvalue weighted by Gasteiger charge is 2.29. The maximum atomic E-state index is 12.6. The number of piperidine rings is 1. The molecule has 1 fully saturated rings. The van der Waals surface area contributed by atoms with Crippen molar-refractivity contribution in [3.05, 3.63) is 23.4 Å². The second-order valence-electron chi connectivity index (χ2n) is 5.49. The van der Waals surface area contributed by atoms with Crippen molar-refractivity contribution in [2.75, 3.05) is 18.9 Å². The molecule has 4 heteroatoms. The minimum absolute atomic E-state index is 0.126. The average molecular weight is 261 g/mol. The second-order valence-corrected chi connectivity index (χ2v) is 5.49. The Labute approximate surface area is 115 Å². The first kappa shape index (κ1) is 13.8. The highest BCUT2D eigenvalue weighted by molar-refractivity contribution is 5.95. The molecule has 0 bridgehead atoms. The molecular weight excluding hydrogens is 238 g/mol. The van der Waals surface area contributed by atoms with Crippen molar-refractivity contribution in [2.45, 2.75) is 39.7 Å². The van der Waals surface area contributed by atoms with Crippen LogP contribution in [-0.4, -0.2) is 35.4 Å². The van der Waals surface area contributed by atoms with Crippen LogP contribution in [0.1, 0.15) is 42.7 Å². The van der Waals surface area contributed by atoms with Crippen molar-refractivity contribution >= 4 is 11.7 Å². The third kappa shape index (κ3) is 2.88. The van der Waals surface area contributed by atoms with Gasteiger partial charge in [-0.1, -0.05) is 6.92 Å². The largest absolute Gasteiger partial charge is 0.373 e. The molecule has 4 nitrogen and oxygen atoms in total. The van der Waals surface area contributed by atoms with E-state index in [9.17, 15) is 4.79 Å². The Hall–Kier alpha value is -1.58. The Bertz CT molecular complexity index is 472. The molecular formula is C15H23N3O. The molecule has 2 atom stereocenters. The average Bonchev–Trinajstić information content (AvgIpc) is 2.40. The molecule has 2 unspecified atom stereocenters. The SMILES string of the molecule is CNc1cc(C(=O)N2CCCC(C)C2C)cc(C)n1. The summed E-state index contributed by atoms with van der Waals surface area (Å²) in [7, 11) is 1.82. The smallest absolute Gasteiger partial charge is 0.254 e. The number of hydrogen-bond donors (Lipinski definition) is 1. The molecule has 0 aromatic carbocycles. The molecule has 104 valence electrons. The molecule has 1 aliphatic heterocycles. The fourth-order valence-electron chi connectivity index (χ4n) is 2.71. The molecule has 1 aromatic rings. The lowest BCUT2D eigenvalue weighted by molar-refractivity contribution is 0.0551. The van der Waals surface area contributed by atoms with E-state index >= 15 is 0 Å². The van der Waals surface area contributed by atoms with Gasteiger partial charge in [-0.3, -0.25) is 4.79 Å². The third-order valence-corrected chi connectivity index (χ3v) is 4.09. The lowest BCUT2D eigenvalue weighted by Gasteiger charge is -2.38. The predicted molar refractivity (Wildman–Crippen MR) is 77.4 cm³/mol. The molecule has 2 heterocycles. The number of rotatable bonds is 2. The highest BCUT2D eigenvalue weighted by atomic mass is 16.2. The molecule has 0 aliphatic carbocycles. The predicted octanol–water partition coefficient (Wildman–Crippen LogP) is 2.69. The summed E-state index contributed by atoms with van der Waals surface area (Å²) >= 11 is 0. The normalized spacial score (nSPS) is 23.3. The molecule has 1 amide bonds. The van der Waals surface area contributed by atoms with E-state index in [0.29, 0.717) is 12.0 Å². The molecule has 0 spiro atoms. The maximum Gasteiger partial charge on any atom is 0.254 e. The van der Waals surface area contributed by atoms with Gasteiger partial charge in [0.25, 0.3) is 5.91 Å². The van der Waals surface area contributed by atoms with Crippen LogP contribution in [0.4, 0.5) is 5.82 Å². The van der Waals surface area contributed by atoms with Gasteiger partial charge >= 0.3 is 0 Å². The fourth-order valence-corrected chi connectivity index (χ4v) is 2.71. The number of aryl methyl sites for hydroxylation is 1. The first-order valence-corrected chi connectivity index (χ1v) is 7.00. The topological polar surface area (TPSA) is 45.2 Å². The van der Waals surface area contributed by atoms with Gasteiger partial charge in [0, 0.05) is 30.9 Å². The van der Waals surface area contributed by atoms with Crippen molar-refractivity contribution in [1.82, 2.24) is 9.88 Å². The van der Waals surface area contributed by atoms with Crippen molar-refractivity contribution in [3.8, 4) is 0 Å². The van der Waals surface area contributed by atoms with Crippen molar-refractivity contribution in [2.24, 2.45) is 5.92 Å². The van der Waals surface area contributed by atoms with Gasteiger partial charge in [-0.05, 0) is 44.7 Å². The van der Waals surface area contributed by atoms with Crippen molar-refractivity contribution in [3.63, 3.8) is 0 Å². The standard InChI is InChI=1S/C15H23N3O/c1-10-6-5-7-18(12(10)3)15(19)13-8-11(2)17-14(9-13)16-4/h8-10,12H,5-7H2,1-4H3,(H,16,17). The molecule has 1 saturated heterocycles. The number of hydrogen-bond acceptors (Lipinski definition) is 3. The Balaban J connectivity index is 2.25. The van der Waals surface area contributed by atoms with Gasteiger partial charge in [0.05, 0.1) is 0 Å². The summed E-state index contributed by atoms with van der Waals surface area (Å²) in [6.07, 6.45) is 2.31. The van der Waals surface area contributed by atoms with Crippen LogP contribution in [0.2, 0.25) is 0 Å². The van der Waals surface area contributed by atoms with Gasteiger partial charge < -0.3 is 10.2 Å². The Morgan fingerprint density at radius 3 is 2.84 bits per heavy atom. The van der Waals surface area contributed by atoms with E-state index in [0.717, 1.165) is 30.0 Å². The minimum atomic E-state index is 0.126. The Kier molecular flexibility index (Phi) is 4.08. The van der Waals surface area contributed by atoms with Gasteiger partial charge in [0.15, 0.2) is 0 Å². The van der Waals surface area contributed by atoms with E-state index in [2.05, 4.69) is 24.1 Å². The summed E-state index contributed by atoms with van der Waals surface area (Å²) in [6.45, 7) is 7.15. The van der Waals surface area contributed by atoms with Crippen LogP contribution in [0, 0.1) is 12.8 Å². The Morgan fingerprint density at radius 2 is 2.16 bits per heavy atom. The lowest BCUT2D eigenvalue weighted by Crippen LogP contribution is -2.46. The summed E-state index contributed by atoms with van der Waals surface area (Å²) in [5.74, 6) is 1.45. The number of nitrogens with zero attached hydrogens (tertiary/aromatic N) is 2. The number of anilines is 1. The van der Waals surface area contributed by atoms with Crippen LogP contribution in [0.3, 0.4) is 0 Å². The van der Waals surface area contributed by atoms with Gasteiger partial charge in [-0.2, -0.15) is 0 Å². The zero-order valence-electron chi connectivity index (χ0n) is 12.2. The van der Waals surface area contributed by atoms with Crippen molar-refractivity contribution < 1.29 is 4.79 Å². The number of amides is 1. The zero-order chi connectivity index (χ0) is 14.0. The maximum absolute atomic E-state index is 12.6. The summed E-state index contributed by atoms with van der Waals surface area (Å²) in [5.41, 5.74) is 1.60. The summed E-state index contributed by atoms with van der Waals surface area (Å²) in [4.78, 5) is 19.0. The number of carbonyl (C=O) groups excluding carboxylic acids is 1. The molecule has 1 aromatic heterocycles. The van der Waals surface area contributed by atoms with Gasteiger partial charge in [-0.25, -0.2) is 4.98 Å². The number of nitrogens with one attached hydrogen (secondary N) is 1. The Morgan fingerprint density at radius 1 is 1.42 bits per heavy atom. The van der Waals surface area contributed by atoms with Gasteiger partial charge in [0.2, 0.25) is 0 Å². The number of aromatic nitrogens is 1. The minimum Gasteiger partial charge on any atom is -0.373 e. The molecule has 19 heavy (non-hydrogen) atoms. The number of likely N-dealkylation sites (tertiary alicyclic amines) is 1. The number of pyridine rings is 1. The summed E-state index contributed by atoms with van der Waals surface area (Å²) in [6, 6.07) is 4.02. The second kappa shape index (κ2) is 5.59. The molecule has 2 rings (SSSR count). The monoisotopic (exact) mass is 261 g/mol.